The minimum absolute atomic E-state index is 0.179. The maximum atomic E-state index is 10.9. The number of carbonyl (C=O) groups excluding carboxylic acids is 1. The average Bonchev–Trinajstić information content (AvgIpc) is 2.06. The van der Waals surface area contributed by atoms with Crippen molar-refractivity contribution in [2.24, 2.45) is 0 Å². The molecule has 2 nitrogen and oxygen atoms in total. The molecule has 0 aliphatic heterocycles. The molecule has 0 atom stereocenters. The molecule has 58 valence electrons. The molecule has 0 fully saturated rings. The second-order valence-electron chi connectivity index (χ2n) is 2.11. The second-order valence-corrected chi connectivity index (χ2v) is 2.98. The first kappa shape index (κ1) is 8.27. The lowest BCUT2D eigenvalue weighted by Gasteiger charge is -1.95. The summed E-state index contributed by atoms with van der Waals surface area (Å²) >= 11 is 1.25. The Kier molecular flexibility index (Phi) is 3.11. The van der Waals surface area contributed by atoms with Crippen LogP contribution >= 0.6 is 11.8 Å². The molecule has 0 aliphatic rings. The van der Waals surface area contributed by atoms with Crippen molar-refractivity contribution >= 4 is 16.9 Å². The van der Waals surface area contributed by atoms with Gasteiger partial charge in [-0.15, -0.1) is 0 Å². The van der Waals surface area contributed by atoms with Crippen molar-refractivity contribution < 1.29 is 4.79 Å². The van der Waals surface area contributed by atoms with Gasteiger partial charge in [-0.25, -0.2) is 0 Å². The first-order chi connectivity index (χ1) is 5.33. The molecule has 0 amide bonds. The van der Waals surface area contributed by atoms with E-state index in [1.54, 1.807) is 18.6 Å². The number of rotatable bonds is 2. The normalized spacial score (nSPS) is 9.55. The van der Waals surface area contributed by atoms with Crippen LogP contribution in [0.2, 0.25) is 0 Å². The highest BCUT2D eigenvalue weighted by molar-refractivity contribution is 8.13. The van der Waals surface area contributed by atoms with Gasteiger partial charge in [0, 0.05) is 18.8 Å². The summed E-state index contributed by atoms with van der Waals surface area (Å²) < 4.78 is 0. The van der Waals surface area contributed by atoms with Gasteiger partial charge in [-0.3, -0.25) is 9.78 Å². The zero-order valence-corrected chi connectivity index (χ0v) is 7.10. The fraction of sp³-hybridized carbons (Fsp3) is 0.250. The quantitative estimate of drug-likeness (QED) is 0.668. The molecule has 0 saturated heterocycles. The van der Waals surface area contributed by atoms with Crippen LogP contribution in [0.25, 0.3) is 0 Å². The SMILES string of the molecule is CSC(=O)Cc1cccnc1. The Balaban J connectivity index is 2.58. The number of hydrogen-bond acceptors (Lipinski definition) is 3. The van der Waals surface area contributed by atoms with Gasteiger partial charge in [-0.1, -0.05) is 17.8 Å². The Morgan fingerprint density at radius 3 is 3.09 bits per heavy atom. The van der Waals surface area contributed by atoms with Crippen LogP contribution in [0.5, 0.6) is 0 Å². The van der Waals surface area contributed by atoms with Crippen molar-refractivity contribution in [3.63, 3.8) is 0 Å². The third kappa shape index (κ3) is 2.72. The molecule has 0 N–H and O–H groups in total. The molecular formula is C8H9NOS. The molecule has 1 heterocycles. The van der Waals surface area contributed by atoms with Crippen molar-refractivity contribution in [1.29, 1.82) is 0 Å². The van der Waals surface area contributed by atoms with Crippen LogP contribution in [-0.4, -0.2) is 16.4 Å². The molecule has 11 heavy (non-hydrogen) atoms. The molecule has 0 bridgehead atoms. The highest BCUT2D eigenvalue weighted by Gasteiger charge is 1.99. The summed E-state index contributed by atoms with van der Waals surface area (Å²) in [5.41, 5.74) is 0.979. The van der Waals surface area contributed by atoms with Crippen molar-refractivity contribution in [2.75, 3.05) is 6.26 Å². The first-order valence-corrected chi connectivity index (χ1v) is 4.51. The Labute approximate surface area is 70.0 Å². The molecule has 0 unspecified atom stereocenters. The van der Waals surface area contributed by atoms with Crippen molar-refractivity contribution in [3.05, 3.63) is 30.1 Å². The smallest absolute Gasteiger partial charge is 0.193 e. The molecule has 0 radical (unpaired) electrons. The van der Waals surface area contributed by atoms with Crippen molar-refractivity contribution in [1.82, 2.24) is 4.98 Å². The molecule has 0 aromatic carbocycles. The van der Waals surface area contributed by atoms with E-state index in [9.17, 15) is 4.79 Å². The van der Waals surface area contributed by atoms with Gasteiger partial charge >= 0.3 is 0 Å². The largest absolute Gasteiger partial charge is 0.287 e. The first-order valence-electron chi connectivity index (χ1n) is 3.28. The van der Waals surface area contributed by atoms with Crippen LogP contribution in [0.15, 0.2) is 24.5 Å². The monoisotopic (exact) mass is 167 g/mol. The van der Waals surface area contributed by atoms with Gasteiger partial charge in [0.2, 0.25) is 0 Å². The maximum Gasteiger partial charge on any atom is 0.193 e. The Hall–Kier alpha value is -0.830. The lowest BCUT2D eigenvalue weighted by Crippen LogP contribution is -1.96. The standard InChI is InChI=1S/C8H9NOS/c1-11-8(10)5-7-3-2-4-9-6-7/h2-4,6H,5H2,1H3. The van der Waals surface area contributed by atoms with Crippen molar-refractivity contribution in [2.45, 2.75) is 6.42 Å². The van der Waals surface area contributed by atoms with E-state index < -0.39 is 0 Å². The van der Waals surface area contributed by atoms with Gasteiger partial charge < -0.3 is 0 Å². The van der Waals surface area contributed by atoms with Gasteiger partial charge in [0.1, 0.15) is 0 Å². The topological polar surface area (TPSA) is 30.0 Å². The summed E-state index contributed by atoms with van der Waals surface area (Å²) in [4.78, 5) is 14.8. The highest BCUT2D eigenvalue weighted by Crippen LogP contribution is 2.03. The van der Waals surface area contributed by atoms with E-state index in [2.05, 4.69) is 4.98 Å². The third-order valence-corrected chi connectivity index (χ3v) is 1.90. The zero-order chi connectivity index (χ0) is 8.10. The third-order valence-electron chi connectivity index (χ3n) is 1.30. The average molecular weight is 167 g/mol. The number of carbonyl (C=O) groups is 1. The van der Waals surface area contributed by atoms with E-state index in [-0.39, 0.29) is 5.12 Å². The van der Waals surface area contributed by atoms with Gasteiger partial charge in [0.15, 0.2) is 5.12 Å². The highest BCUT2D eigenvalue weighted by atomic mass is 32.2. The molecule has 0 spiro atoms. The summed E-state index contributed by atoms with van der Waals surface area (Å²) in [6.45, 7) is 0. The van der Waals surface area contributed by atoms with E-state index in [0.717, 1.165) is 5.56 Å². The number of nitrogens with zero attached hydrogens (tertiary/aromatic N) is 1. The fourth-order valence-electron chi connectivity index (χ4n) is 0.742. The lowest BCUT2D eigenvalue weighted by molar-refractivity contribution is -0.110. The molecule has 1 rings (SSSR count). The van der Waals surface area contributed by atoms with Crippen LogP contribution in [0.3, 0.4) is 0 Å². The molecule has 0 saturated carbocycles. The van der Waals surface area contributed by atoms with Gasteiger partial charge in [-0.2, -0.15) is 0 Å². The van der Waals surface area contributed by atoms with E-state index in [4.69, 9.17) is 0 Å². The predicted molar refractivity (Wildman–Crippen MR) is 46.5 cm³/mol. The second kappa shape index (κ2) is 4.13. The minimum atomic E-state index is 0.179. The number of thioether (sulfide) groups is 1. The maximum absolute atomic E-state index is 10.9. The van der Waals surface area contributed by atoms with Crippen LogP contribution < -0.4 is 0 Å². The van der Waals surface area contributed by atoms with E-state index >= 15 is 0 Å². The van der Waals surface area contributed by atoms with Crippen LogP contribution in [0.4, 0.5) is 0 Å². The molecule has 1 aromatic rings. The summed E-state index contributed by atoms with van der Waals surface area (Å²) in [5.74, 6) is 0. The van der Waals surface area contributed by atoms with Gasteiger partial charge in [0.05, 0.1) is 0 Å². The van der Waals surface area contributed by atoms with Gasteiger partial charge in [0.25, 0.3) is 0 Å². The Morgan fingerprint density at radius 1 is 1.73 bits per heavy atom. The molecular weight excluding hydrogens is 158 g/mol. The van der Waals surface area contributed by atoms with Crippen LogP contribution in [-0.2, 0) is 11.2 Å². The molecule has 3 heteroatoms. The minimum Gasteiger partial charge on any atom is -0.287 e. The summed E-state index contributed by atoms with van der Waals surface area (Å²) in [6.07, 6.45) is 5.69. The van der Waals surface area contributed by atoms with Crippen LogP contribution in [0.1, 0.15) is 5.56 Å². The lowest BCUT2D eigenvalue weighted by atomic mass is 10.2. The number of hydrogen-bond donors (Lipinski definition) is 0. The molecule has 0 aliphatic carbocycles. The van der Waals surface area contributed by atoms with Gasteiger partial charge in [-0.05, 0) is 17.9 Å². The van der Waals surface area contributed by atoms with Crippen molar-refractivity contribution in [3.8, 4) is 0 Å². The Bertz CT molecular complexity index is 235. The summed E-state index contributed by atoms with van der Waals surface area (Å²) in [7, 11) is 0. The Morgan fingerprint density at radius 2 is 2.55 bits per heavy atom. The zero-order valence-electron chi connectivity index (χ0n) is 6.28. The van der Waals surface area contributed by atoms with E-state index in [1.165, 1.54) is 11.8 Å². The fourth-order valence-corrected chi connectivity index (χ4v) is 1.05. The molecule has 1 aromatic heterocycles. The van der Waals surface area contributed by atoms with E-state index in [1.807, 2.05) is 12.1 Å². The summed E-state index contributed by atoms with van der Waals surface area (Å²) in [5, 5.41) is 0.179. The number of pyridine rings is 1. The summed E-state index contributed by atoms with van der Waals surface area (Å²) in [6, 6.07) is 3.74. The predicted octanol–water partition coefficient (Wildman–Crippen LogP) is 1.51. The number of aromatic nitrogens is 1. The van der Waals surface area contributed by atoms with E-state index in [0.29, 0.717) is 6.42 Å². The van der Waals surface area contributed by atoms with Crippen LogP contribution in [0, 0.1) is 0 Å².